The largest absolute Gasteiger partial charge is 0.387 e. The van der Waals surface area contributed by atoms with Crippen LogP contribution in [0.4, 0.5) is 5.69 Å². The molecule has 38 heavy (non-hydrogen) atoms. The van der Waals surface area contributed by atoms with Gasteiger partial charge in [-0.15, -0.1) is 24.8 Å². The zero-order valence-corrected chi connectivity index (χ0v) is 24.2. The molecular formula is C28H38Cl2N4O3S. The summed E-state index contributed by atoms with van der Waals surface area (Å²) in [7, 11) is -3.60. The molecule has 0 radical (unpaired) electrons. The topological polar surface area (TPSA) is 94.6 Å². The van der Waals surface area contributed by atoms with Crippen LogP contribution in [0.1, 0.15) is 55.4 Å². The number of hydrogen-bond acceptors (Lipinski definition) is 5. The van der Waals surface area contributed by atoms with Gasteiger partial charge in [0.25, 0.3) is 0 Å². The first-order valence-corrected chi connectivity index (χ1v) is 13.9. The number of anilines is 1. The van der Waals surface area contributed by atoms with Crippen LogP contribution in [-0.2, 0) is 16.6 Å². The lowest BCUT2D eigenvalue weighted by Gasteiger charge is -2.31. The molecule has 4 rings (SSSR count). The second kappa shape index (κ2) is 14.3. The van der Waals surface area contributed by atoms with Crippen LogP contribution in [0.5, 0.6) is 0 Å². The van der Waals surface area contributed by atoms with Crippen LogP contribution in [0.15, 0.2) is 79.1 Å². The number of nitrogens with one attached hydrogen (secondary N) is 2. The zero-order chi connectivity index (χ0) is 25.6. The van der Waals surface area contributed by atoms with E-state index in [1.165, 1.54) is 5.56 Å². The van der Waals surface area contributed by atoms with Gasteiger partial charge in [-0.3, -0.25) is 9.71 Å². The summed E-state index contributed by atoms with van der Waals surface area (Å²) in [6.07, 6.45) is 5.10. The number of benzene rings is 2. The van der Waals surface area contributed by atoms with Crippen molar-refractivity contribution in [3.8, 4) is 0 Å². The lowest BCUT2D eigenvalue weighted by Crippen LogP contribution is -2.43. The molecule has 1 aromatic heterocycles. The van der Waals surface area contributed by atoms with E-state index in [0.29, 0.717) is 31.2 Å². The SMILES string of the molecule is CC(C)(Cc1ccc(NS(=O)(=O)N2CCC(c3ccccc3)CC2)cc1)NC[C@H](O)c1cccnc1.Cl.Cl. The lowest BCUT2D eigenvalue weighted by molar-refractivity contribution is 0.160. The number of aliphatic hydroxyl groups is 1. The molecule has 1 aliphatic rings. The lowest BCUT2D eigenvalue weighted by atomic mass is 9.90. The van der Waals surface area contributed by atoms with Crippen LogP contribution < -0.4 is 10.0 Å². The van der Waals surface area contributed by atoms with Gasteiger partial charge in [0.1, 0.15) is 0 Å². The summed E-state index contributed by atoms with van der Waals surface area (Å²) in [4.78, 5) is 4.06. The minimum absolute atomic E-state index is 0. The first-order valence-electron chi connectivity index (χ1n) is 12.5. The van der Waals surface area contributed by atoms with Gasteiger partial charge in [-0.25, -0.2) is 0 Å². The Balaban J connectivity index is 0.00000253. The summed E-state index contributed by atoms with van der Waals surface area (Å²) in [5.41, 5.74) is 3.44. The maximum absolute atomic E-state index is 13.0. The van der Waals surface area contributed by atoms with Crippen LogP contribution in [0.2, 0.25) is 0 Å². The molecular weight excluding hydrogens is 543 g/mol. The maximum Gasteiger partial charge on any atom is 0.301 e. The predicted molar refractivity (Wildman–Crippen MR) is 158 cm³/mol. The number of hydrogen-bond donors (Lipinski definition) is 3. The number of aliphatic hydroxyl groups excluding tert-OH is 1. The van der Waals surface area contributed by atoms with E-state index in [1.807, 2.05) is 54.6 Å². The van der Waals surface area contributed by atoms with E-state index in [1.54, 1.807) is 16.7 Å². The summed E-state index contributed by atoms with van der Waals surface area (Å²) in [6.45, 7) is 5.60. The maximum atomic E-state index is 13.0. The Hall–Kier alpha value is -2.20. The van der Waals surface area contributed by atoms with Crippen molar-refractivity contribution in [1.29, 1.82) is 0 Å². The molecule has 2 aromatic carbocycles. The Kier molecular flexibility index (Phi) is 12.0. The summed E-state index contributed by atoms with van der Waals surface area (Å²) in [6, 6.07) is 21.5. The van der Waals surface area contributed by atoms with E-state index < -0.39 is 16.3 Å². The summed E-state index contributed by atoms with van der Waals surface area (Å²) >= 11 is 0. The van der Waals surface area contributed by atoms with Gasteiger partial charge in [0.2, 0.25) is 0 Å². The zero-order valence-electron chi connectivity index (χ0n) is 21.8. The third-order valence-corrected chi connectivity index (χ3v) is 8.29. The van der Waals surface area contributed by atoms with E-state index in [0.717, 1.165) is 30.4 Å². The standard InChI is InChI=1S/C28H36N4O3S.2ClH/c1-28(2,30-21-27(33)25-9-6-16-29-20-25)19-22-10-12-26(13-11-22)31-36(34,35)32-17-14-24(15-18-32)23-7-4-3-5-8-23;;/h3-13,16,20,24,27,30-31,33H,14-15,17-19,21H2,1-2H3;2*1H/t27-;;/m0../s1. The van der Waals surface area contributed by atoms with Gasteiger partial charge in [0.15, 0.2) is 0 Å². The Labute approximate surface area is 239 Å². The Morgan fingerprint density at radius 2 is 1.66 bits per heavy atom. The fourth-order valence-electron chi connectivity index (χ4n) is 4.70. The van der Waals surface area contributed by atoms with Crippen molar-refractivity contribution >= 4 is 40.7 Å². The van der Waals surface area contributed by atoms with Gasteiger partial charge in [-0.1, -0.05) is 48.5 Å². The van der Waals surface area contributed by atoms with Gasteiger partial charge in [0.05, 0.1) is 6.10 Å². The van der Waals surface area contributed by atoms with E-state index >= 15 is 0 Å². The van der Waals surface area contributed by atoms with Crippen LogP contribution >= 0.6 is 24.8 Å². The summed E-state index contributed by atoms with van der Waals surface area (Å²) in [5, 5.41) is 13.8. The highest BCUT2D eigenvalue weighted by Gasteiger charge is 2.28. The molecule has 10 heteroatoms. The Bertz CT molecular complexity index is 1210. The molecule has 208 valence electrons. The number of piperidine rings is 1. The summed E-state index contributed by atoms with van der Waals surface area (Å²) in [5.74, 6) is 0.402. The van der Waals surface area contributed by atoms with Crippen molar-refractivity contribution in [3.63, 3.8) is 0 Å². The second-order valence-corrected chi connectivity index (χ2v) is 11.8. The monoisotopic (exact) mass is 580 g/mol. The van der Waals surface area contributed by atoms with Crippen LogP contribution in [-0.4, -0.2) is 48.0 Å². The molecule has 0 amide bonds. The molecule has 0 spiro atoms. The Morgan fingerprint density at radius 3 is 2.26 bits per heavy atom. The minimum atomic E-state index is -3.60. The van der Waals surface area contributed by atoms with Gasteiger partial charge in [0, 0.05) is 48.8 Å². The second-order valence-electron chi connectivity index (χ2n) is 10.1. The number of halogens is 2. The fourth-order valence-corrected chi connectivity index (χ4v) is 5.95. The van der Waals surface area contributed by atoms with Crippen LogP contribution in [0.3, 0.4) is 0 Å². The normalized spacial score (nSPS) is 15.7. The number of aromatic nitrogens is 1. The van der Waals surface area contributed by atoms with Crippen molar-refractivity contribution < 1.29 is 13.5 Å². The van der Waals surface area contributed by atoms with Crippen molar-refractivity contribution in [2.75, 3.05) is 24.4 Å². The fraction of sp³-hybridized carbons (Fsp3) is 0.393. The smallest absolute Gasteiger partial charge is 0.301 e. The third kappa shape index (κ3) is 8.93. The van der Waals surface area contributed by atoms with Crippen LogP contribution in [0.25, 0.3) is 0 Å². The molecule has 2 heterocycles. The molecule has 1 aliphatic heterocycles. The third-order valence-electron chi connectivity index (χ3n) is 6.75. The van der Waals surface area contributed by atoms with Crippen molar-refractivity contribution in [3.05, 3.63) is 95.8 Å². The van der Waals surface area contributed by atoms with Gasteiger partial charge in [-0.2, -0.15) is 12.7 Å². The quantitative estimate of drug-likeness (QED) is 0.310. The molecule has 3 N–H and O–H groups in total. The highest BCUT2D eigenvalue weighted by molar-refractivity contribution is 7.90. The van der Waals surface area contributed by atoms with E-state index in [-0.39, 0.29) is 30.4 Å². The highest BCUT2D eigenvalue weighted by atomic mass is 35.5. The number of pyridine rings is 1. The van der Waals surface area contributed by atoms with Crippen molar-refractivity contribution in [2.24, 2.45) is 0 Å². The highest BCUT2D eigenvalue weighted by Crippen LogP contribution is 2.29. The molecule has 3 aromatic rings. The molecule has 1 atom stereocenters. The number of nitrogens with zero attached hydrogens (tertiary/aromatic N) is 2. The van der Waals surface area contributed by atoms with E-state index in [2.05, 4.69) is 41.0 Å². The molecule has 1 fully saturated rings. The first kappa shape index (κ1) is 32.0. The van der Waals surface area contributed by atoms with Crippen LogP contribution in [0, 0.1) is 0 Å². The molecule has 0 unspecified atom stereocenters. The number of β-amino-alcohol motifs (C(OH)–C–C–N with tert-alkyl or cyclic N) is 1. The minimum Gasteiger partial charge on any atom is -0.387 e. The van der Waals surface area contributed by atoms with Gasteiger partial charge >= 0.3 is 10.2 Å². The van der Waals surface area contributed by atoms with Gasteiger partial charge < -0.3 is 10.4 Å². The van der Waals surface area contributed by atoms with E-state index in [9.17, 15) is 13.5 Å². The van der Waals surface area contributed by atoms with Crippen molar-refractivity contribution in [1.82, 2.24) is 14.6 Å². The average molecular weight is 582 g/mol. The number of rotatable bonds is 10. The van der Waals surface area contributed by atoms with Gasteiger partial charge in [-0.05, 0) is 68.4 Å². The summed E-state index contributed by atoms with van der Waals surface area (Å²) < 4.78 is 30.2. The predicted octanol–water partition coefficient (Wildman–Crippen LogP) is 5.11. The Morgan fingerprint density at radius 1 is 1.00 bits per heavy atom. The molecule has 0 saturated carbocycles. The molecule has 1 saturated heterocycles. The van der Waals surface area contributed by atoms with E-state index in [4.69, 9.17) is 0 Å². The molecule has 0 bridgehead atoms. The first-order chi connectivity index (χ1) is 17.2. The average Bonchev–Trinajstić information content (AvgIpc) is 2.89. The molecule has 0 aliphatic carbocycles. The van der Waals surface area contributed by atoms with Crippen molar-refractivity contribution in [2.45, 2.75) is 50.7 Å². The molecule has 7 nitrogen and oxygen atoms in total.